The molecule has 1 unspecified atom stereocenters. The Balaban J connectivity index is 2.26. The van der Waals surface area contributed by atoms with E-state index in [0.29, 0.717) is 19.1 Å². The Hall–Kier alpha value is -0.650. The summed E-state index contributed by atoms with van der Waals surface area (Å²) < 4.78 is 5.10. The van der Waals surface area contributed by atoms with Gasteiger partial charge in [-0.1, -0.05) is 0 Å². The van der Waals surface area contributed by atoms with Crippen LogP contribution in [0.15, 0.2) is 0 Å². The van der Waals surface area contributed by atoms with Gasteiger partial charge in [0.25, 0.3) is 0 Å². The maximum absolute atomic E-state index is 10.7. The molecule has 1 atom stereocenters. The lowest BCUT2D eigenvalue weighted by Gasteiger charge is -2.23. The van der Waals surface area contributed by atoms with Gasteiger partial charge in [0, 0.05) is 19.7 Å². The fraction of sp³-hybridized carbons (Fsp3) is 0.909. The maximum Gasteiger partial charge on any atom is 0.317 e. The molecule has 0 aromatic rings. The second-order valence-electron chi connectivity index (χ2n) is 4.34. The maximum atomic E-state index is 10.7. The van der Waals surface area contributed by atoms with Crippen LogP contribution in [0.25, 0.3) is 0 Å². The summed E-state index contributed by atoms with van der Waals surface area (Å²) in [5.41, 5.74) is 0. The quantitative estimate of drug-likeness (QED) is 0.592. The van der Waals surface area contributed by atoms with E-state index in [1.165, 1.54) is 12.8 Å². The fourth-order valence-electron chi connectivity index (χ4n) is 1.67. The third kappa shape index (κ3) is 6.05. The Morgan fingerprint density at radius 2 is 2.25 bits per heavy atom. The molecule has 0 heterocycles. The zero-order valence-electron chi connectivity index (χ0n) is 9.76. The summed E-state index contributed by atoms with van der Waals surface area (Å²) in [4.78, 5) is 12.4. The average molecular weight is 231 g/mol. The first-order valence-corrected chi connectivity index (χ1v) is 5.81. The Labute approximate surface area is 96.0 Å². The van der Waals surface area contributed by atoms with Gasteiger partial charge in [-0.25, -0.2) is 0 Å². The molecule has 0 aromatic carbocycles. The molecule has 1 saturated carbocycles. The highest BCUT2D eigenvalue weighted by molar-refractivity contribution is 5.69. The molecule has 1 rings (SSSR count). The summed E-state index contributed by atoms with van der Waals surface area (Å²) in [6, 6.07) is 0. The molecule has 2 N–H and O–H groups in total. The van der Waals surface area contributed by atoms with Crippen LogP contribution in [-0.2, 0) is 9.53 Å². The van der Waals surface area contributed by atoms with E-state index in [-0.39, 0.29) is 13.2 Å². The number of hydrogen-bond donors (Lipinski definition) is 2. The van der Waals surface area contributed by atoms with Crippen LogP contribution in [0.1, 0.15) is 19.8 Å². The molecule has 0 aliphatic heterocycles. The zero-order valence-corrected chi connectivity index (χ0v) is 9.76. The predicted octanol–water partition coefficient (Wildman–Crippen LogP) is 0.180. The van der Waals surface area contributed by atoms with Gasteiger partial charge in [-0.3, -0.25) is 9.69 Å². The van der Waals surface area contributed by atoms with Gasteiger partial charge in [-0.15, -0.1) is 0 Å². The van der Waals surface area contributed by atoms with E-state index in [2.05, 4.69) is 0 Å². The zero-order chi connectivity index (χ0) is 12.0. The molecular formula is C11H21NO4. The Kier molecular flexibility index (Phi) is 5.73. The summed E-state index contributed by atoms with van der Waals surface area (Å²) in [7, 11) is 0. The van der Waals surface area contributed by atoms with E-state index in [1.807, 2.05) is 6.92 Å². The van der Waals surface area contributed by atoms with Crippen molar-refractivity contribution in [3.05, 3.63) is 0 Å². The van der Waals surface area contributed by atoms with Crippen LogP contribution in [0.4, 0.5) is 0 Å². The molecule has 0 radical (unpaired) electrons. The largest absolute Gasteiger partial charge is 0.480 e. The van der Waals surface area contributed by atoms with E-state index in [4.69, 9.17) is 9.84 Å². The van der Waals surface area contributed by atoms with E-state index >= 15 is 0 Å². The predicted molar refractivity (Wildman–Crippen MR) is 59.3 cm³/mol. The van der Waals surface area contributed by atoms with Crippen molar-refractivity contribution in [1.29, 1.82) is 0 Å². The van der Waals surface area contributed by atoms with Crippen molar-refractivity contribution in [3.63, 3.8) is 0 Å². The molecule has 5 nitrogen and oxygen atoms in total. The van der Waals surface area contributed by atoms with Crippen molar-refractivity contribution >= 4 is 5.97 Å². The Morgan fingerprint density at radius 1 is 1.56 bits per heavy atom. The van der Waals surface area contributed by atoms with Crippen LogP contribution >= 0.6 is 0 Å². The first kappa shape index (κ1) is 13.4. The minimum Gasteiger partial charge on any atom is -0.480 e. The molecule has 0 aromatic heterocycles. The number of aliphatic hydroxyl groups is 1. The number of ether oxygens (including phenoxy) is 1. The normalized spacial score (nSPS) is 17.7. The van der Waals surface area contributed by atoms with Crippen molar-refractivity contribution in [2.24, 2.45) is 5.92 Å². The lowest BCUT2D eigenvalue weighted by molar-refractivity contribution is -0.138. The van der Waals surface area contributed by atoms with E-state index < -0.39 is 12.1 Å². The highest BCUT2D eigenvalue weighted by atomic mass is 16.5. The van der Waals surface area contributed by atoms with Crippen LogP contribution < -0.4 is 0 Å². The molecule has 0 saturated heterocycles. The summed E-state index contributed by atoms with van der Waals surface area (Å²) in [5.74, 6) is -0.220. The average Bonchev–Trinajstić information content (AvgIpc) is 2.97. The van der Waals surface area contributed by atoms with Crippen LogP contribution in [0, 0.1) is 5.92 Å². The van der Waals surface area contributed by atoms with E-state index in [9.17, 15) is 9.90 Å². The van der Waals surface area contributed by atoms with Crippen molar-refractivity contribution < 1.29 is 19.7 Å². The van der Waals surface area contributed by atoms with Crippen molar-refractivity contribution in [2.75, 3.05) is 32.8 Å². The molecule has 94 valence electrons. The number of aliphatic hydroxyl groups excluding tert-OH is 1. The van der Waals surface area contributed by atoms with Crippen LogP contribution in [0.2, 0.25) is 0 Å². The number of carboxylic acids is 1. The van der Waals surface area contributed by atoms with E-state index in [0.717, 1.165) is 6.54 Å². The minimum absolute atomic E-state index is 0.000312. The summed E-state index contributed by atoms with van der Waals surface area (Å²) in [5, 5.41) is 18.4. The molecule has 16 heavy (non-hydrogen) atoms. The number of nitrogens with zero attached hydrogens (tertiary/aromatic N) is 1. The lowest BCUT2D eigenvalue weighted by Crippen LogP contribution is -2.39. The van der Waals surface area contributed by atoms with Gasteiger partial charge in [0.15, 0.2) is 0 Å². The van der Waals surface area contributed by atoms with Gasteiger partial charge in [0.05, 0.1) is 19.3 Å². The lowest BCUT2D eigenvalue weighted by atomic mass is 10.3. The molecule has 1 aliphatic carbocycles. The molecule has 0 amide bonds. The highest BCUT2D eigenvalue weighted by Crippen LogP contribution is 2.29. The molecular weight excluding hydrogens is 210 g/mol. The summed E-state index contributed by atoms with van der Waals surface area (Å²) >= 11 is 0. The number of aliphatic carboxylic acids is 1. The number of rotatable bonds is 9. The Morgan fingerprint density at radius 3 is 2.75 bits per heavy atom. The van der Waals surface area contributed by atoms with Gasteiger partial charge in [0.1, 0.15) is 0 Å². The fourth-order valence-corrected chi connectivity index (χ4v) is 1.67. The molecule has 1 fully saturated rings. The third-order valence-electron chi connectivity index (χ3n) is 2.56. The number of carbonyl (C=O) groups is 1. The van der Waals surface area contributed by atoms with Gasteiger partial charge < -0.3 is 14.9 Å². The monoisotopic (exact) mass is 231 g/mol. The standard InChI is InChI=1S/C11H21NO4/c1-2-16-8-10(13)6-12(7-11(14)15)5-9-3-4-9/h9-10,13H,2-8H2,1H3,(H,14,15). The molecule has 0 bridgehead atoms. The number of carboxylic acid groups (broad SMARTS) is 1. The summed E-state index contributed by atoms with van der Waals surface area (Å²) in [6.07, 6.45) is 1.76. The second-order valence-corrected chi connectivity index (χ2v) is 4.34. The van der Waals surface area contributed by atoms with Gasteiger partial charge >= 0.3 is 5.97 Å². The van der Waals surface area contributed by atoms with Crippen molar-refractivity contribution in [1.82, 2.24) is 4.90 Å². The smallest absolute Gasteiger partial charge is 0.317 e. The van der Waals surface area contributed by atoms with Gasteiger partial charge in [-0.05, 0) is 25.7 Å². The topological polar surface area (TPSA) is 70.0 Å². The molecule has 5 heteroatoms. The van der Waals surface area contributed by atoms with Crippen LogP contribution in [0.5, 0.6) is 0 Å². The number of hydrogen-bond acceptors (Lipinski definition) is 4. The van der Waals surface area contributed by atoms with Gasteiger partial charge in [0.2, 0.25) is 0 Å². The Bertz CT molecular complexity index is 218. The first-order chi connectivity index (χ1) is 7.61. The van der Waals surface area contributed by atoms with Gasteiger partial charge in [-0.2, -0.15) is 0 Å². The van der Waals surface area contributed by atoms with Crippen molar-refractivity contribution in [3.8, 4) is 0 Å². The van der Waals surface area contributed by atoms with Crippen LogP contribution in [-0.4, -0.2) is 60.0 Å². The molecule has 1 aliphatic rings. The summed E-state index contributed by atoms with van der Waals surface area (Å²) in [6.45, 7) is 3.86. The van der Waals surface area contributed by atoms with Crippen LogP contribution in [0.3, 0.4) is 0 Å². The first-order valence-electron chi connectivity index (χ1n) is 5.81. The SMILES string of the molecule is CCOCC(O)CN(CC(=O)O)CC1CC1. The third-order valence-corrected chi connectivity index (χ3v) is 2.56. The van der Waals surface area contributed by atoms with Crippen molar-refractivity contribution in [2.45, 2.75) is 25.9 Å². The van der Waals surface area contributed by atoms with E-state index in [1.54, 1.807) is 4.90 Å². The highest BCUT2D eigenvalue weighted by Gasteiger charge is 2.26. The molecule has 0 spiro atoms. The second kappa shape index (κ2) is 6.83. The minimum atomic E-state index is -0.843.